The first-order valence-corrected chi connectivity index (χ1v) is 10.9. The molecule has 2 heterocycles. The van der Waals surface area contributed by atoms with Crippen LogP contribution in [0.25, 0.3) is 0 Å². The van der Waals surface area contributed by atoms with E-state index in [-0.39, 0.29) is 18.9 Å². The second-order valence-corrected chi connectivity index (χ2v) is 8.37. The van der Waals surface area contributed by atoms with Gasteiger partial charge >= 0.3 is 6.03 Å². The van der Waals surface area contributed by atoms with E-state index in [0.717, 1.165) is 10.6 Å². The lowest BCUT2D eigenvalue weighted by Gasteiger charge is -2.36. The van der Waals surface area contributed by atoms with E-state index in [1.165, 1.54) is 24.3 Å². The first kappa shape index (κ1) is 22.1. The largest absolute Gasteiger partial charge is 0.368 e. The van der Waals surface area contributed by atoms with Gasteiger partial charge in [0.1, 0.15) is 17.9 Å². The SMILES string of the molecule is CCC1(c2ccc(F)cc2)NC(=O)N(CC(=O)N2CCN(c3cccc(Cl)c3)CC2)C1=O. The van der Waals surface area contributed by atoms with Crippen molar-refractivity contribution in [2.45, 2.75) is 18.9 Å². The first-order chi connectivity index (χ1) is 15.3. The third kappa shape index (κ3) is 4.02. The van der Waals surface area contributed by atoms with Crippen molar-refractivity contribution in [3.63, 3.8) is 0 Å². The summed E-state index contributed by atoms with van der Waals surface area (Å²) in [5.41, 5.74) is 0.187. The van der Waals surface area contributed by atoms with Gasteiger partial charge in [-0.05, 0) is 42.3 Å². The minimum Gasteiger partial charge on any atom is -0.368 e. The van der Waals surface area contributed by atoms with Crippen LogP contribution in [0, 0.1) is 5.82 Å². The van der Waals surface area contributed by atoms with Crippen molar-refractivity contribution in [1.82, 2.24) is 15.1 Å². The predicted molar refractivity (Wildman–Crippen MR) is 119 cm³/mol. The Morgan fingerprint density at radius 2 is 1.78 bits per heavy atom. The van der Waals surface area contributed by atoms with Gasteiger partial charge in [0.2, 0.25) is 5.91 Å². The number of carbonyl (C=O) groups excluding carboxylic acids is 3. The number of hydrogen-bond acceptors (Lipinski definition) is 4. The third-order valence-electron chi connectivity index (χ3n) is 6.14. The van der Waals surface area contributed by atoms with E-state index in [9.17, 15) is 18.8 Å². The van der Waals surface area contributed by atoms with Crippen LogP contribution >= 0.6 is 11.6 Å². The molecule has 0 saturated carbocycles. The van der Waals surface area contributed by atoms with Gasteiger partial charge in [0.05, 0.1) is 0 Å². The number of imide groups is 1. The van der Waals surface area contributed by atoms with Crippen LogP contribution in [0.5, 0.6) is 0 Å². The molecule has 4 rings (SSSR count). The number of amides is 4. The number of nitrogens with zero attached hydrogens (tertiary/aromatic N) is 3. The van der Waals surface area contributed by atoms with Crippen molar-refractivity contribution in [2.75, 3.05) is 37.6 Å². The van der Waals surface area contributed by atoms with Gasteiger partial charge in [-0.25, -0.2) is 9.18 Å². The minimum atomic E-state index is -1.30. The van der Waals surface area contributed by atoms with Crippen LogP contribution in [0.3, 0.4) is 0 Å². The van der Waals surface area contributed by atoms with E-state index in [2.05, 4.69) is 10.2 Å². The quantitative estimate of drug-likeness (QED) is 0.699. The highest BCUT2D eigenvalue weighted by atomic mass is 35.5. The summed E-state index contributed by atoms with van der Waals surface area (Å²) in [5.74, 6) is -1.21. The summed E-state index contributed by atoms with van der Waals surface area (Å²) in [6.07, 6.45) is 0.284. The summed E-state index contributed by atoms with van der Waals surface area (Å²) >= 11 is 6.07. The number of halogens is 2. The summed E-state index contributed by atoms with van der Waals surface area (Å²) < 4.78 is 13.3. The zero-order valence-electron chi connectivity index (χ0n) is 17.7. The number of anilines is 1. The lowest BCUT2D eigenvalue weighted by atomic mass is 9.87. The maximum Gasteiger partial charge on any atom is 0.325 e. The fourth-order valence-electron chi connectivity index (χ4n) is 4.27. The standard InChI is InChI=1S/C23H24ClFN4O3/c1-2-23(16-6-8-18(25)9-7-16)21(31)29(22(32)26-23)15-20(30)28-12-10-27(11-13-28)19-5-3-4-17(24)14-19/h3-9,14H,2,10-13,15H2,1H3,(H,26,32). The molecule has 4 amide bonds. The molecule has 0 aliphatic carbocycles. The molecule has 32 heavy (non-hydrogen) atoms. The normalized spacial score (nSPS) is 21.2. The molecule has 1 atom stereocenters. The predicted octanol–water partition coefficient (Wildman–Crippen LogP) is 2.99. The Morgan fingerprint density at radius 1 is 1.09 bits per heavy atom. The molecule has 0 bridgehead atoms. The molecule has 2 aliphatic heterocycles. The lowest BCUT2D eigenvalue weighted by Crippen LogP contribution is -2.52. The Hall–Kier alpha value is -3.13. The Bertz CT molecular complexity index is 1040. The van der Waals surface area contributed by atoms with Gasteiger partial charge in [0.15, 0.2) is 0 Å². The number of rotatable bonds is 5. The molecule has 1 N–H and O–H groups in total. The van der Waals surface area contributed by atoms with E-state index in [1.54, 1.807) is 11.8 Å². The first-order valence-electron chi connectivity index (χ1n) is 10.5. The van der Waals surface area contributed by atoms with E-state index in [0.29, 0.717) is 36.8 Å². The average Bonchev–Trinajstić information content (AvgIpc) is 3.04. The fourth-order valence-corrected chi connectivity index (χ4v) is 4.45. The maximum atomic E-state index is 13.3. The molecular formula is C23H24ClFN4O3. The molecular weight excluding hydrogens is 435 g/mol. The molecule has 168 valence electrons. The minimum absolute atomic E-state index is 0.284. The van der Waals surface area contributed by atoms with E-state index >= 15 is 0 Å². The van der Waals surface area contributed by atoms with Crippen LogP contribution in [0.15, 0.2) is 48.5 Å². The van der Waals surface area contributed by atoms with E-state index < -0.39 is 23.3 Å². The molecule has 2 aromatic carbocycles. The van der Waals surface area contributed by atoms with Crippen molar-refractivity contribution in [3.05, 3.63) is 64.9 Å². The van der Waals surface area contributed by atoms with Gasteiger partial charge in [-0.2, -0.15) is 0 Å². The molecule has 9 heteroatoms. The number of carbonyl (C=O) groups is 3. The van der Waals surface area contributed by atoms with Crippen molar-refractivity contribution < 1.29 is 18.8 Å². The van der Waals surface area contributed by atoms with Crippen molar-refractivity contribution in [3.8, 4) is 0 Å². The summed E-state index contributed by atoms with van der Waals surface area (Å²) in [4.78, 5) is 43.5. The molecule has 2 aromatic rings. The average molecular weight is 459 g/mol. The maximum absolute atomic E-state index is 13.3. The van der Waals surface area contributed by atoms with Crippen molar-refractivity contribution in [2.24, 2.45) is 0 Å². The Balaban J connectivity index is 1.42. The monoisotopic (exact) mass is 458 g/mol. The topological polar surface area (TPSA) is 73.0 Å². The molecule has 0 radical (unpaired) electrons. The lowest BCUT2D eigenvalue weighted by molar-refractivity contribution is -0.139. The second-order valence-electron chi connectivity index (χ2n) is 7.93. The van der Waals surface area contributed by atoms with Gasteiger partial charge < -0.3 is 15.1 Å². The molecule has 0 aromatic heterocycles. The van der Waals surface area contributed by atoms with Gasteiger partial charge in [-0.3, -0.25) is 14.5 Å². The van der Waals surface area contributed by atoms with E-state index in [4.69, 9.17) is 11.6 Å². The Labute approximate surface area is 190 Å². The smallest absolute Gasteiger partial charge is 0.325 e. The van der Waals surface area contributed by atoms with Gasteiger partial charge in [0.25, 0.3) is 5.91 Å². The number of urea groups is 1. The zero-order chi connectivity index (χ0) is 22.9. The summed E-state index contributed by atoms with van der Waals surface area (Å²) in [5, 5.41) is 3.37. The summed E-state index contributed by atoms with van der Waals surface area (Å²) in [7, 11) is 0. The highest BCUT2D eigenvalue weighted by Gasteiger charge is 2.51. The number of nitrogens with one attached hydrogen (secondary N) is 1. The zero-order valence-corrected chi connectivity index (χ0v) is 18.4. The van der Waals surface area contributed by atoms with Crippen LogP contribution in [-0.2, 0) is 15.1 Å². The van der Waals surface area contributed by atoms with Crippen molar-refractivity contribution in [1.29, 1.82) is 0 Å². The second kappa shape index (κ2) is 8.78. The highest BCUT2D eigenvalue weighted by Crippen LogP contribution is 2.32. The Kier molecular flexibility index (Phi) is 6.06. The molecule has 0 spiro atoms. The van der Waals surface area contributed by atoms with Crippen molar-refractivity contribution >= 4 is 35.1 Å². The van der Waals surface area contributed by atoms with E-state index in [1.807, 2.05) is 24.3 Å². The van der Waals surface area contributed by atoms with Crippen LogP contribution in [0.2, 0.25) is 5.02 Å². The van der Waals surface area contributed by atoms with Crippen LogP contribution in [-0.4, -0.2) is 60.4 Å². The Morgan fingerprint density at radius 3 is 2.41 bits per heavy atom. The summed E-state index contributed by atoms with van der Waals surface area (Å²) in [6.45, 7) is 3.64. The molecule has 2 saturated heterocycles. The molecule has 2 aliphatic rings. The fraction of sp³-hybridized carbons (Fsp3) is 0.348. The number of hydrogen-bond donors (Lipinski definition) is 1. The highest BCUT2D eigenvalue weighted by molar-refractivity contribution is 6.30. The van der Waals surface area contributed by atoms with Crippen LogP contribution < -0.4 is 10.2 Å². The van der Waals surface area contributed by atoms with Gasteiger partial charge in [-0.15, -0.1) is 0 Å². The van der Waals surface area contributed by atoms with Gasteiger partial charge in [0, 0.05) is 36.9 Å². The number of piperazine rings is 1. The van der Waals surface area contributed by atoms with Gasteiger partial charge in [-0.1, -0.05) is 36.7 Å². The molecule has 2 fully saturated rings. The molecule has 1 unspecified atom stereocenters. The summed E-state index contributed by atoms with van der Waals surface area (Å²) in [6, 6.07) is 12.4. The van der Waals surface area contributed by atoms with Crippen LogP contribution in [0.4, 0.5) is 14.9 Å². The molecule has 7 nitrogen and oxygen atoms in total. The number of benzene rings is 2. The third-order valence-corrected chi connectivity index (χ3v) is 6.38. The van der Waals surface area contributed by atoms with Crippen LogP contribution in [0.1, 0.15) is 18.9 Å².